The van der Waals surface area contributed by atoms with Crippen molar-refractivity contribution in [1.29, 1.82) is 0 Å². The van der Waals surface area contributed by atoms with E-state index >= 15 is 0 Å². The SMILES string of the molecule is C.CCC(=O)CCC(=O)OC1CC(C)(C)N(CCOC)C(C)(C)C1.CCC(=O)CCC(=O)OCCN1C(C)(C)CC(OC)CC1(C)C. The molecule has 47 heavy (non-hydrogen) atoms. The summed E-state index contributed by atoms with van der Waals surface area (Å²) < 4.78 is 21.8. The van der Waals surface area contributed by atoms with E-state index < -0.39 is 0 Å². The van der Waals surface area contributed by atoms with Gasteiger partial charge in [-0.3, -0.25) is 29.0 Å². The Labute approximate surface area is 286 Å². The first-order chi connectivity index (χ1) is 21.2. The van der Waals surface area contributed by atoms with Crippen LogP contribution in [-0.4, -0.2) is 108 Å². The summed E-state index contributed by atoms with van der Waals surface area (Å²) in [5.74, 6) is -0.328. The van der Waals surface area contributed by atoms with Crippen LogP contribution in [0.25, 0.3) is 0 Å². The van der Waals surface area contributed by atoms with Crippen LogP contribution in [0.2, 0.25) is 0 Å². The van der Waals surface area contributed by atoms with Gasteiger partial charge in [0.1, 0.15) is 24.3 Å². The van der Waals surface area contributed by atoms with Crippen molar-refractivity contribution in [2.24, 2.45) is 0 Å². The van der Waals surface area contributed by atoms with Gasteiger partial charge in [0.15, 0.2) is 0 Å². The summed E-state index contributed by atoms with van der Waals surface area (Å²) in [4.78, 5) is 51.1. The van der Waals surface area contributed by atoms with Crippen molar-refractivity contribution in [3.05, 3.63) is 0 Å². The van der Waals surface area contributed by atoms with Gasteiger partial charge in [0.25, 0.3) is 0 Å². The number of ketones is 2. The summed E-state index contributed by atoms with van der Waals surface area (Å²) in [5.41, 5.74) is -0.144. The molecular weight excluding hydrogens is 600 g/mol. The van der Waals surface area contributed by atoms with Crippen LogP contribution < -0.4 is 0 Å². The number of methoxy groups -OCH3 is 2. The fraction of sp³-hybridized carbons (Fsp3) is 0.892. The molecular formula is C37H70N2O8. The molecule has 10 nitrogen and oxygen atoms in total. The predicted octanol–water partition coefficient (Wildman–Crippen LogP) is 6.55. The highest BCUT2D eigenvalue weighted by Gasteiger charge is 2.47. The lowest BCUT2D eigenvalue weighted by Crippen LogP contribution is -2.62. The van der Waals surface area contributed by atoms with Crippen molar-refractivity contribution in [2.45, 2.75) is 175 Å². The monoisotopic (exact) mass is 671 g/mol. The van der Waals surface area contributed by atoms with Crippen LogP contribution in [0, 0.1) is 0 Å². The predicted molar refractivity (Wildman–Crippen MR) is 188 cm³/mol. The van der Waals surface area contributed by atoms with Gasteiger partial charge in [0.05, 0.1) is 25.6 Å². The topological polar surface area (TPSA) is 112 Å². The molecule has 0 aromatic carbocycles. The Bertz CT molecular complexity index is 955. The third kappa shape index (κ3) is 15.0. The van der Waals surface area contributed by atoms with Crippen LogP contribution in [0.15, 0.2) is 0 Å². The van der Waals surface area contributed by atoms with Crippen LogP contribution in [-0.2, 0) is 38.1 Å². The van der Waals surface area contributed by atoms with E-state index in [0.717, 1.165) is 32.2 Å². The van der Waals surface area contributed by atoms with Crippen LogP contribution in [0.4, 0.5) is 0 Å². The smallest absolute Gasteiger partial charge is 0.306 e. The number of ether oxygens (including phenoxy) is 4. The summed E-state index contributed by atoms with van der Waals surface area (Å²) >= 11 is 0. The number of carbonyl (C=O) groups excluding carboxylic acids is 4. The zero-order valence-corrected chi connectivity index (χ0v) is 31.2. The third-order valence-corrected chi connectivity index (χ3v) is 9.56. The molecule has 2 aliphatic rings. The Morgan fingerprint density at radius 3 is 1.36 bits per heavy atom. The first kappa shape index (κ1) is 45.1. The van der Waals surface area contributed by atoms with Gasteiger partial charge in [-0.1, -0.05) is 21.3 Å². The maximum Gasteiger partial charge on any atom is 0.306 e. The quantitative estimate of drug-likeness (QED) is 0.168. The summed E-state index contributed by atoms with van der Waals surface area (Å²) in [7, 11) is 3.48. The van der Waals surface area contributed by atoms with Crippen molar-refractivity contribution in [1.82, 2.24) is 9.80 Å². The lowest BCUT2D eigenvalue weighted by atomic mass is 9.78. The molecule has 2 saturated heterocycles. The minimum Gasteiger partial charge on any atom is -0.464 e. The molecule has 0 spiro atoms. The zero-order valence-electron chi connectivity index (χ0n) is 31.2. The molecule has 0 bridgehead atoms. The summed E-state index contributed by atoms with van der Waals surface area (Å²) in [6.07, 6.45) is 5.60. The fourth-order valence-electron chi connectivity index (χ4n) is 7.50. The maximum atomic E-state index is 12.0. The fourth-order valence-corrected chi connectivity index (χ4v) is 7.50. The molecule has 0 aliphatic carbocycles. The van der Waals surface area contributed by atoms with Crippen molar-refractivity contribution in [3.63, 3.8) is 0 Å². The van der Waals surface area contributed by atoms with E-state index in [0.29, 0.717) is 32.6 Å². The van der Waals surface area contributed by atoms with Gasteiger partial charge in [0.2, 0.25) is 0 Å². The number of carbonyl (C=O) groups is 4. The number of piperidine rings is 2. The van der Waals surface area contributed by atoms with Crippen LogP contribution >= 0.6 is 0 Å². The molecule has 0 amide bonds. The van der Waals surface area contributed by atoms with Gasteiger partial charge in [-0.05, 0) is 68.2 Å². The van der Waals surface area contributed by atoms with E-state index in [1.54, 1.807) is 14.2 Å². The standard InChI is InChI=1S/2C18H33NO4.CH4/c1-7-14(20)8-9-16(21)23-11-10-19-17(2,3)12-15(22-6)13-18(19,4)5;1-7-14(20)8-9-16(21)23-15-12-17(2,3)19(10-11-22-6)18(4,5)13-15;/h2*15H,7-13H2,1-6H3;1H4. The largest absolute Gasteiger partial charge is 0.464 e. The third-order valence-electron chi connectivity index (χ3n) is 9.56. The molecule has 2 heterocycles. The Kier molecular flexibility index (Phi) is 19.2. The number of rotatable bonds is 16. The molecule has 0 N–H and O–H groups in total. The van der Waals surface area contributed by atoms with E-state index in [9.17, 15) is 19.2 Å². The first-order valence-corrected chi connectivity index (χ1v) is 17.2. The molecule has 0 aromatic rings. The number of hydrogen-bond acceptors (Lipinski definition) is 10. The highest BCUT2D eigenvalue weighted by Crippen LogP contribution is 2.40. The van der Waals surface area contributed by atoms with Crippen LogP contribution in [0.1, 0.15) is 141 Å². The van der Waals surface area contributed by atoms with Crippen molar-refractivity contribution in [3.8, 4) is 0 Å². The molecule has 276 valence electrons. The lowest BCUT2D eigenvalue weighted by Gasteiger charge is -2.55. The minimum absolute atomic E-state index is 0. The number of hydrogen-bond donors (Lipinski definition) is 0. The highest BCUT2D eigenvalue weighted by atomic mass is 16.5. The zero-order chi connectivity index (χ0) is 35.3. The highest BCUT2D eigenvalue weighted by molar-refractivity contribution is 5.83. The van der Waals surface area contributed by atoms with E-state index in [1.807, 2.05) is 13.8 Å². The molecule has 2 fully saturated rings. The molecule has 0 unspecified atom stereocenters. The lowest BCUT2D eigenvalue weighted by molar-refractivity contribution is -0.161. The second kappa shape index (κ2) is 20.0. The van der Waals surface area contributed by atoms with Gasteiger partial charge in [-0.25, -0.2) is 0 Å². The van der Waals surface area contributed by atoms with E-state index in [4.69, 9.17) is 18.9 Å². The van der Waals surface area contributed by atoms with E-state index in [2.05, 4.69) is 65.2 Å². The van der Waals surface area contributed by atoms with Crippen molar-refractivity contribution >= 4 is 23.5 Å². The van der Waals surface area contributed by atoms with Crippen LogP contribution in [0.5, 0.6) is 0 Å². The second-order valence-corrected chi connectivity index (χ2v) is 15.3. The Morgan fingerprint density at radius 2 is 0.979 bits per heavy atom. The average Bonchev–Trinajstić information content (AvgIpc) is 2.94. The van der Waals surface area contributed by atoms with Crippen LogP contribution in [0.3, 0.4) is 0 Å². The number of esters is 2. The Hall–Kier alpha value is -1.88. The molecule has 10 heteroatoms. The summed E-state index contributed by atoms with van der Waals surface area (Å²) in [6, 6.07) is 0. The summed E-state index contributed by atoms with van der Waals surface area (Å²) in [6.45, 7) is 23.8. The van der Waals surface area contributed by atoms with Gasteiger partial charge in [0, 0.05) is 88.0 Å². The van der Waals surface area contributed by atoms with Gasteiger partial charge in [-0.15, -0.1) is 0 Å². The number of nitrogens with zero attached hydrogens (tertiary/aromatic N) is 2. The minimum atomic E-state index is -0.283. The second-order valence-electron chi connectivity index (χ2n) is 15.3. The van der Waals surface area contributed by atoms with E-state index in [1.165, 1.54) is 0 Å². The molecule has 0 saturated carbocycles. The molecule has 2 rings (SSSR count). The van der Waals surface area contributed by atoms with Gasteiger partial charge in [-0.2, -0.15) is 0 Å². The Morgan fingerprint density at radius 1 is 0.596 bits per heavy atom. The Balaban J connectivity index is 0.000000882. The van der Waals surface area contributed by atoms with Gasteiger partial charge >= 0.3 is 11.9 Å². The van der Waals surface area contributed by atoms with E-state index in [-0.39, 0.29) is 91.0 Å². The number of Topliss-reactive ketones (excluding diaryl/α,β-unsaturated/α-hetero) is 2. The van der Waals surface area contributed by atoms with Gasteiger partial charge < -0.3 is 18.9 Å². The maximum absolute atomic E-state index is 12.0. The van der Waals surface area contributed by atoms with Crippen molar-refractivity contribution < 1.29 is 38.1 Å². The summed E-state index contributed by atoms with van der Waals surface area (Å²) in [5, 5.41) is 0. The normalized spacial score (nSPS) is 20.7. The number of likely N-dealkylation sites (tertiary alicyclic amines) is 2. The average molecular weight is 671 g/mol. The molecule has 0 radical (unpaired) electrons. The molecule has 0 aromatic heterocycles. The molecule has 0 atom stereocenters. The van der Waals surface area contributed by atoms with Crippen molar-refractivity contribution in [2.75, 3.05) is 40.5 Å². The molecule has 2 aliphatic heterocycles. The first-order valence-electron chi connectivity index (χ1n) is 17.2.